The second-order valence-electron chi connectivity index (χ2n) is 7.81. The van der Waals surface area contributed by atoms with Crippen LogP contribution in [0.1, 0.15) is 30.9 Å². The summed E-state index contributed by atoms with van der Waals surface area (Å²) < 4.78 is 1.88. The fourth-order valence-electron chi connectivity index (χ4n) is 4.51. The Morgan fingerprint density at radius 1 is 1.07 bits per heavy atom. The van der Waals surface area contributed by atoms with Gasteiger partial charge in [0.05, 0.1) is 6.42 Å². The van der Waals surface area contributed by atoms with Gasteiger partial charge in [-0.2, -0.15) is 0 Å². The van der Waals surface area contributed by atoms with E-state index in [2.05, 4.69) is 0 Å². The van der Waals surface area contributed by atoms with Gasteiger partial charge in [-0.15, -0.1) is 11.8 Å². The number of carbonyl (C=O) groups is 2. The zero-order chi connectivity index (χ0) is 20.5. The van der Waals surface area contributed by atoms with Crippen LogP contribution in [0.3, 0.4) is 0 Å². The Hall–Kier alpha value is -2.54. The van der Waals surface area contributed by atoms with Crippen LogP contribution in [0.15, 0.2) is 46.1 Å². The summed E-state index contributed by atoms with van der Waals surface area (Å²) in [7, 11) is 0. The number of thioether (sulfide) groups is 1. The fourth-order valence-corrected chi connectivity index (χ4v) is 4.92. The molecule has 2 bridgehead atoms. The average molecular weight is 413 g/mol. The predicted octanol–water partition coefficient (Wildman–Crippen LogP) is 3.05. The predicted molar refractivity (Wildman–Crippen MR) is 112 cm³/mol. The van der Waals surface area contributed by atoms with Gasteiger partial charge in [-0.3, -0.25) is 14.4 Å². The SMILES string of the molecule is CSc1ccc(-c2ccc3n(c2=O)C[C@H]2C[C@@H]3CN(C(=O)CCC(=O)O)C2)cc1. The monoisotopic (exact) mass is 412 g/mol. The Balaban J connectivity index is 1.59. The third-order valence-corrected chi connectivity index (χ3v) is 6.65. The second kappa shape index (κ2) is 8.06. The molecule has 0 spiro atoms. The third-order valence-electron chi connectivity index (χ3n) is 5.91. The van der Waals surface area contributed by atoms with Crippen LogP contribution in [0.4, 0.5) is 0 Å². The van der Waals surface area contributed by atoms with Gasteiger partial charge < -0.3 is 14.6 Å². The van der Waals surface area contributed by atoms with Gasteiger partial charge in [0, 0.05) is 48.1 Å². The molecule has 2 aromatic rings. The summed E-state index contributed by atoms with van der Waals surface area (Å²) in [5, 5.41) is 8.82. The molecule has 3 heterocycles. The van der Waals surface area contributed by atoms with Gasteiger partial charge in [-0.05, 0) is 48.4 Å². The van der Waals surface area contributed by atoms with Crippen molar-refractivity contribution in [3.05, 3.63) is 52.4 Å². The summed E-state index contributed by atoms with van der Waals surface area (Å²) in [5.41, 5.74) is 2.63. The standard InChI is InChI=1S/C22H24N2O4S/c1-29-17-4-2-15(3-5-17)18-6-7-19-16-10-14(12-24(19)22(18)28)11-23(13-16)20(25)8-9-21(26)27/h2-7,14,16H,8-13H2,1H3,(H,26,27)/t14-,16+/m0/s1. The fraction of sp³-hybridized carbons (Fsp3) is 0.409. The van der Waals surface area contributed by atoms with Crippen LogP contribution in [-0.2, 0) is 16.1 Å². The average Bonchev–Trinajstić information content (AvgIpc) is 2.72. The highest BCUT2D eigenvalue weighted by Gasteiger charge is 2.36. The van der Waals surface area contributed by atoms with Crippen LogP contribution >= 0.6 is 11.8 Å². The number of carboxylic acid groups (broad SMARTS) is 1. The molecule has 7 heteroatoms. The number of hydrogen-bond acceptors (Lipinski definition) is 4. The first-order valence-electron chi connectivity index (χ1n) is 9.84. The second-order valence-corrected chi connectivity index (χ2v) is 8.69. The number of rotatable bonds is 5. The highest BCUT2D eigenvalue weighted by Crippen LogP contribution is 2.36. The van der Waals surface area contributed by atoms with Crippen LogP contribution in [-0.4, -0.2) is 45.8 Å². The van der Waals surface area contributed by atoms with Crippen molar-refractivity contribution in [1.82, 2.24) is 9.47 Å². The Morgan fingerprint density at radius 3 is 2.52 bits per heavy atom. The minimum absolute atomic E-state index is 0.0276. The number of aliphatic carboxylic acids is 1. The van der Waals surface area contributed by atoms with Gasteiger partial charge in [0.25, 0.3) is 5.56 Å². The molecule has 1 N–H and O–H groups in total. The topological polar surface area (TPSA) is 79.6 Å². The lowest BCUT2D eigenvalue weighted by molar-refractivity contribution is -0.141. The molecule has 29 heavy (non-hydrogen) atoms. The van der Waals surface area contributed by atoms with Gasteiger partial charge >= 0.3 is 5.97 Å². The quantitative estimate of drug-likeness (QED) is 0.764. The van der Waals surface area contributed by atoms with Crippen molar-refractivity contribution in [3.63, 3.8) is 0 Å². The first-order chi connectivity index (χ1) is 14.0. The number of benzene rings is 1. The summed E-state index contributed by atoms with van der Waals surface area (Å²) in [5.74, 6) is -0.715. The normalized spacial score (nSPS) is 20.2. The van der Waals surface area contributed by atoms with Gasteiger partial charge in [-0.1, -0.05) is 12.1 Å². The maximum atomic E-state index is 13.2. The van der Waals surface area contributed by atoms with E-state index in [4.69, 9.17) is 5.11 Å². The minimum Gasteiger partial charge on any atom is -0.481 e. The molecule has 1 saturated heterocycles. The molecule has 2 aliphatic heterocycles. The number of likely N-dealkylation sites (tertiary alicyclic amines) is 1. The molecule has 2 aliphatic rings. The zero-order valence-corrected chi connectivity index (χ0v) is 17.2. The molecule has 1 fully saturated rings. The van der Waals surface area contributed by atoms with Crippen LogP contribution in [0.5, 0.6) is 0 Å². The summed E-state index contributed by atoms with van der Waals surface area (Å²) >= 11 is 1.67. The number of aromatic nitrogens is 1. The first kappa shape index (κ1) is 19.8. The lowest BCUT2D eigenvalue weighted by atomic mass is 9.82. The zero-order valence-electron chi connectivity index (χ0n) is 16.3. The number of amides is 1. The van der Waals surface area contributed by atoms with Crippen molar-refractivity contribution >= 4 is 23.6 Å². The number of nitrogens with zero attached hydrogens (tertiary/aromatic N) is 2. The molecule has 0 aliphatic carbocycles. The van der Waals surface area contributed by atoms with Gasteiger partial charge in [-0.25, -0.2) is 0 Å². The van der Waals surface area contributed by atoms with E-state index >= 15 is 0 Å². The third kappa shape index (κ3) is 3.96. The van der Waals surface area contributed by atoms with E-state index in [0.29, 0.717) is 25.2 Å². The maximum absolute atomic E-state index is 13.2. The van der Waals surface area contributed by atoms with Crippen molar-refractivity contribution in [1.29, 1.82) is 0 Å². The van der Waals surface area contributed by atoms with Crippen molar-refractivity contribution in [3.8, 4) is 11.1 Å². The smallest absolute Gasteiger partial charge is 0.303 e. The highest BCUT2D eigenvalue weighted by atomic mass is 32.2. The number of fused-ring (bicyclic) bond motifs is 4. The number of carbonyl (C=O) groups excluding carboxylic acids is 1. The number of piperidine rings is 1. The van der Waals surface area contributed by atoms with Crippen molar-refractivity contribution in [2.75, 3.05) is 19.3 Å². The lowest BCUT2D eigenvalue weighted by Gasteiger charge is -2.43. The van der Waals surface area contributed by atoms with E-state index in [0.717, 1.165) is 22.6 Å². The largest absolute Gasteiger partial charge is 0.481 e. The van der Waals surface area contributed by atoms with Crippen molar-refractivity contribution in [2.24, 2.45) is 5.92 Å². The molecule has 4 rings (SSSR count). The summed E-state index contributed by atoms with van der Waals surface area (Å²) in [6, 6.07) is 11.9. The van der Waals surface area contributed by atoms with Gasteiger partial charge in [0.1, 0.15) is 0 Å². The molecule has 2 atom stereocenters. The van der Waals surface area contributed by atoms with Crippen LogP contribution in [0.2, 0.25) is 0 Å². The van der Waals surface area contributed by atoms with E-state index in [1.165, 1.54) is 0 Å². The number of hydrogen-bond donors (Lipinski definition) is 1. The van der Waals surface area contributed by atoms with E-state index < -0.39 is 5.97 Å². The van der Waals surface area contributed by atoms with Crippen LogP contribution in [0, 0.1) is 5.92 Å². The number of pyridine rings is 1. The van der Waals surface area contributed by atoms with Crippen LogP contribution in [0.25, 0.3) is 11.1 Å². The maximum Gasteiger partial charge on any atom is 0.303 e. The Bertz CT molecular complexity index is 999. The minimum atomic E-state index is -0.953. The van der Waals surface area contributed by atoms with Crippen molar-refractivity contribution < 1.29 is 14.7 Å². The molecule has 0 saturated carbocycles. The molecule has 152 valence electrons. The Kier molecular flexibility index (Phi) is 5.50. The van der Waals surface area contributed by atoms with E-state index in [-0.39, 0.29) is 36.1 Å². The Morgan fingerprint density at radius 2 is 1.83 bits per heavy atom. The molecule has 0 radical (unpaired) electrons. The summed E-state index contributed by atoms with van der Waals surface area (Å²) in [4.78, 5) is 39.3. The molecule has 0 unspecified atom stereocenters. The molecular formula is C22H24N2O4S. The van der Waals surface area contributed by atoms with E-state index in [1.54, 1.807) is 16.7 Å². The molecule has 6 nitrogen and oxygen atoms in total. The number of carboxylic acids is 1. The molecule has 1 amide bonds. The lowest BCUT2D eigenvalue weighted by Crippen LogP contribution is -2.49. The van der Waals surface area contributed by atoms with Crippen molar-refractivity contribution in [2.45, 2.75) is 36.6 Å². The highest BCUT2D eigenvalue weighted by molar-refractivity contribution is 7.98. The summed E-state index contributed by atoms with van der Waals surface area (Å²) in [6.45, 7) is 1.74. The molecule has 1 aromatic carbocycles. The van der Waals surface area contributed by atoms with Gasteiger partial charge in [0.15, 0.2) is 0 Å². The Labute approximate surface area is 173 Å². The van der Waals surface area contributed by atoms with E-state index in [9.17, 15) is 14.4 Å². The van der Waals surface area contributed by atoms with E-state index in [1.807, 2.05) is 47.2 Å². The molecular weight excluding hydrogens is 388 g/mol. The molecule has 1 aromatic heterocycles. The summed E-state index contributed by atoms with van der Waals surface area (Å²) in [6.07, 6.45) is 2.88. The first-order valence-corrected chi connectivity index (χ1v) is 11.1. The van der Waals surface area contributed by atoms with Crippen LogP contribution < -0.4 is 5.56 Å². The van der Waals surface area contributed by atoms with Gasteiger partial charge in [0.2, 0.25) is 5.91 Å².